The van der Waals surface area contributed by atoms with Crippen LogP contribution in [0.25, 0.3) is 10.8 Å². The van der Waals surface area contributed by atoms with E-state index in [0.717, 1.165) is 4.88 Å². The molecule has 0 saturated carbocycles. The first-order valence-electron chi connectivity index (χ1n) is 5.67. The van der Waals surface area contributed by atoms with Crippen LogP contribution in [0, 0.1) is 0 Å². The molecule has 100 valence electrons. The van der Waals surface area contributed by atoms with Crippen LogP contribution in [0.15, 0.2) is 46.2 Å². The summed E-state index contributed by atoms with van der Waals surface area (Å²) >= 11 is 7.31. The van der Waals surface area contributed by atoms with Crippen LogP contribution in [0.2, 0.25) is 5.02 Å². The van der Waals surface area contributed by atoms with E-state index in [2.05, 4.69) is 15.5 Å². The number of aromatic nitrogens is 2. The second-order valence-corrected chi connectivity index (χ2v) is 5.24. The first-order valence-corrected chi connectivity index (χ1v) is 6.92. The molecule has 20 heavy (non-hydrogen) atoms. The third-order valence-electron chi connectivity index (χ3n) is 2.46. The van der Waals surface area contributed by atoms with Gasteiger partial charge in [0.05, 0.1) is 4.88 Å². The first kappa shape index (κ1) is 12.8. The Kier molecular flexibility index (Phi) is 3.49. The van der Waals surface area contributed by atoms with Gasteiger partial charge in [0.2, 0.25) is 0 Å². The first-order chi connectivity index (χ1) is 9.72. The fourth-order valence-corrected chi connectivity index (χ4v) is 2.41. The lowest BCUT2D eigenvalue weighted by molar-refractivity contribution is 0.102. The van der Waals surface area contributed by atoms with Crippen LogP contribution < -0.4 is 5.32 Å². The van der Waals surface area contributed by atoms with Crippen molar-refractivity contribution < 1.29 is 9.21 Å². The van der Waals surface area contributed by atoms with Crippen molar-refractivity contribution in [3.63, 3.8) is 0 Å². The third kappa shape index (κ3) is 2.71. The van der Waals surface area contributed by atoms with E-state index in [4.69, 9.17) is 16.0 Å². The van der Waals surface area contributed by atoms with Crippen molar-refractivity contribution in [2.45, 2.75) is 0 Å². The summed E-state index contributed by atoms with van der Waals surface area (Å²) in [6.45, 7) is 0. The molecule has 2 aromatic heterocycles. The lowest BCUT2D eigenvalue weighted by Gasteiger charge is -2.00. The van der Waals surface area contributed by atoms with Gasteiger partial charge in [-0.05, 0) is 29.6 Å². The Morgan fingerprint density at radius 3 is 2.90 bits per heavy atom. The lowest BCUT2D eigenvalue weighted by atomic mass is 10.2. The topological polar surface area (TPSA) is 68.0 Å². The maximum Gasteiger partial charge on any atom is 0.322 e. The highest BCUT2D eigenvalue weighted by Gasteiger charge is 2.13. The third-order valence-corrected chi connectivity index (χ3v) is 3.56. The zero-order valence-corrected chi connectivity index (χ0v) is 11.6. The Morgan fingerprint density at radius 1 is 1.25 bits per heavy atom. The molecule has 0 atom stereocenters. The minimum absolute atomic E-state index is 0.0541. The van der Waals surface area contributed by atoms with Gasteiger partial charge in [0, 0.05) is 10.6 Å². The maximum absolute atomic E-state index is 12.0. The number of thiophene rings is 1. The second kappa shape index (κ2) is 5.44. The molecule has 1 aromatic carbocycles. The average Bonchev–Trinajstić information content (AvgIpc) is 3.08. The van der Waals surface area contributed by atoms with Crippen LogP contribution in [-0.4, -0.2) is 16.1 Å². The number of amides is 1. The number of benzene rings is 1. The molecule has 0 saturated heterocycles. The number of nitrogens with one attached hydrogen (secondary N) is 1. The molecule has 0 aliphatic heterocycles. The molecule has 0 spiro atoms. The molecule has 0 aliphatic carbocycles. The summed E-state index contributed by atoms with van der Waals surface area (Å²) < 4.78 is 5.37. The molecule has 0 bridgehead atoms. The molecular weight excluding hydrogens is 298 g/mol. The van der Waals surface area contributed by atoms with Crippen LogP contribution in [0.1, 0.15) is 10.4 Å². The van der Waals surface area contributed by atoms with Crippen molar-refractivity contribution >= 4 is 34.9 Å². The Hall–Kier alpha value is -2.18. The molecule has 0 aliphatic rings. The van der Waals surface area contributed by atoms with Crippen molar-refractivity contribution in [2.75, 3.05) is 5.32 Å². The molecule has 7 heteroatoms. The molecule has 0 unspecified atom stereocenters. The number of anilines is 1. The number of halogens is 1. The number of nitrogens with zero attached hydrogens (tertiary/aromatic N) is 2. The largest absolute Gasteiger partial charge is 0.402 e. The van der Waals surface area contributed by atoms with Gasteiger partial charge in [0.25, 0.3) is 11.8 Å². The summed E-state index contributed by atoms with van der Waals surface area (Å²) in [4.78, 5) is 12.8. The van der Waals surface area contributed by atoms with Crippen LogP contribution >= 0.6 is 22.9 Å². The van der Waals surface area contributed by atoms with Crippen LogP contribution in [0.5, 0.6) is 0 Å². The number of carbonyl (C=O) groups is 1. The SMILES string of the molecule is O=C(Nc1nnc(-c2cccs2)o1)c1cccc(Cl)c1. The molecule has 3 aromatic rings. The zero-order chi connectivity index (χ0) is 13.9. The Morgan fingerprint density at radius 2 is 2.15 bits per heavy atom. The van der Waals surface area contributed by atoms with Gasteiger partial charge in [0.15, 0.2) is 0 Å². The average molecular weight is 306 g/mol. The highest BCUT2D eigenvalue weighted by Crippen LogP contribution is 2.24. The van der Waals surface area contributed by atoms with E-state index < -0.39 is 0 Å². The quantitative estimate of drug-likeness (QED) is 0.801. The zero-order valence-electron chi connectivity index (χ0n) is 10.0. The van der Waals surface area contributed by atoms with Crippen molar-refractivity contribution in [1.82, 2.24) is 10.2 Å². The summed E-state index contributed by atoms with van der Waals surface area (Å²) in [5, 5.41) is 12.6. The summed E-state index contributed by atoms with van der Waals surface area (Å²) in [5.74, 6) is 0.0234. The molecule has 3 rings (SSSR count). The number of hydrogen-bond donors (Lipinski definition) is 1. The van der Waals surface area contributed by atoms with E-state index in [1.54, 1.807) is 24.3 Å². The minimum Gasteiger partial charge on any atom is -0.402 e. The molecule has 0 fully saturated rings. The maximum atomic E-state index is 12.0. The standard InChI is InChI=1S/C13H8ClN3O2S/c14-9-4-1-3-8(7-9)11(18)15-13-17-16-12(19-13)10-5-2-6-20-10/h1-7H,(H,15,17,18). The fourth-order valence-electron chi connectivity index (χ4n) is 1.57. The van der Waals surface area contributed by atoms with Gasteiger partial charge >= 0.3 is 6.01 Å². The van der Waals surface area contributed by atoms with E-state index in [1.807, 2.05) is 17.5 Å². The Bertz CT molecular complexity index is 740. The molecule has 1 amide bonds. The molecule has 2 heterocycles. The lowest BCUT2D eigenvalue weighted by Crippen LogP contribution is -2.11. The summed E-state index contributed by atoms with van der Waals surface area (Å²) in [6, 6.07) is 10.4. The predicted octanol–water partition coefficient (Wildman–Crippen LogP) is 3.70. The van der Waals surface area contributed by atoms with Gasteiger partial charge in [-0.25, -0.2) is 0 Å². The van der Waals surface area contributed by atoms with E-state index in [1.165, 1.54) is 11.3 Å². The smallest absolute Gasteiger partial charge is 0.322 e. The van der Waals surface area contributed by atoms with Gasteiger partial charge in [-0.3, -0.25) is 10.1 Å². The normalized spacial score (nSPS) is 10.4. The minimum atomic E-state index is -0.353. The van der Waals surface area contributed by atoms with Crippen molar-refractivity contribution in [3.05, 3.63) is 52.4 Å². The number of rotatable bonds is 3. The molecule has 5 nitrogen and oxygen atoms in total. The van der Waals surface area contributed by atoms with Gasteiger partial charge in [-0.2, -0.15) is 0 Å². The van der Waals surface area contributed by atoms with Gasteiger partial charge in [0.1, 0.15) is 0 Å². The molecular formula is C13H8ClN3O2S. The number of carbonyl (C=O) groups excluding carboxylic acids is 1. The van der Waals surface area contributed by atoms with Gasteiger partial charge < -0.3 is 4.42 Å². The van der Waals surface area contributed by atoms with E-state index in [-0.39, 0.29) is 11.9 Å². The van der Waals surface area contributed by atoms with Crippen molar-refractivity contribution in [2.24, 2.45) is 0 Å². The summed E-state index contributed by atoms with van der Waals surface area (Å²) in [5.41, 5.74) is 0.424. The second-order valence-electron chi connectivity index (χ2n) is 3.85. The van der Waals surface area contributed by atoms with E-state index >= 15 is 0 Å². The van der Waals surface area contributed by atoms with Gasteiger partial charge in [-0.1, -0.05) is 28.8 Å². The number of hydrogen-bond acceptors (Lipinski definition) is 5. The highest BCUT2D eigenvalue weighted by atomic mass is 35.5. The molecule has 1 N–H and O–H groups in total. The fraction of sp³-hybridized carbons (Fsp3) is 0. The predicted molar refractivity (Wildman–Crippen MR) is 77.0 cm³/mol. The van der Waals surface area contributed by atoms with Crippen LogP contribution in [0.3, 0.4) is 0 Å². The van der Waals surface area contributed by atoms with E-state index in [9.17, 15) is 4.79 Å². The Labute approximate surface area is 123 Å². The van der Waals surface area contributed by atoms with Crippen molar-refractivity contribution in [3.8, 4) is 10.8 Å². The van der Waals surface area contributed by atoms with Crippen LogP contribution in [-0.2, 0) is 0 Å². The van der Waals surface area contributed by atoms with Gasteiger partial charge in [-0.15, -0.1) is 16.4 Å². The molecule has 0 radical (unpaired) electrons. The summed E-state index contributed by atoms with van der Waals surface area (Å²) in [7, 11) is 0. The monoisotopic (exact) mass is 305 g/mol. The van der Waals surface area contributed by atoms with Crippen LogP contribution in [0.4, 0.5) is 6.01 Å². The van der Waals surface area contributed by atoms with E-state index in [0.29, 0.717) is 16.5 Å². The Balaban J connectivity index is 1.77. The highest BCUT2D eigenvalue weighted by molar-refractivity contribution is 7.13. The van der Waals surface area contributed by atoms with Crippen molar-refractivity contribution in [1.29, 1.82) is 0 Å². The summed E-state index contributed by atoms with van der Waals surface area (Å²) in [6.07, 6.45) is 0.